The fourth-order valence-electron chi connectivity index (χ4n) is 1.38. The topological polar surface area (TPSA) is 74.2 Å². The van der Waals surface area contributed by atoms with Crippen molar-refractivity contribution < 1.29 is 9.26 Å². The van der Waals surface area contributed by atoms with Crippen LogP contribution in [0.25, 0.3) is 11.5 Å². The van der Waals surface area contributed by atoms with E-state index in [0.717, 1.165) is 0 Å². The molecule has 0 saturated carbocycles. The molecular weight excluding hydrogens is 277 g/mol. The molecule has 2 N–H and O–H groups in total. The number of hydrogen-bond acceptors (Lipinski definition) is 5. The van der Waals surface area contributed by atoms with Crippen molar-refractivity contribution in [2.24, 2.45) is 0 Å². The van der Waals surface area contributed by atoms with Crippen molar-refractivity contribution in [1.82, 2.24) is 10.1 Å². The Morgan fingerprint density at radius 3 is 2.78 bits per heavy atom. The molecule has 1 unspecified atom stereocenters. The van der Waals surface area contributed by atoms with Crippen molar-refractivity contribution in [3.8, 4) is 11.5 Å². The Bertz CT molecular complexity index is 571. The molecule has 0 fully saturated rings. The van der Waals surface area contributed by atoms with Crippen LogP contribution in [0.3, 0.4) is 0 Å². The number of nitrogens with two attached hydrogens (primary N) is 1. The number of hydrogen-bond donors (Lipinski definition) is 1. The minimum atomic E-state index is -0.265. The average molecular weight is 288 g/mol. The number of nitrogen functional groups attached to an aromatic ring is 1. The van der Waals surface area contributed by atoms with Crippen molar-refractivity contribution in [3.63, 3.8) is 0 Å². The van der Waals surface area contributed by atoms with Gasteiger partial charge in [0.15, 0.2) is 0 Å². The van der Waals surface area contributed by atoms with Crippen LogP contribution in [-0.2, 0) is 4.74 Å². The minimum absolute atomic E-state index is 0.260. The standard InChI is InChI=1S/C11H11Cl2N3O2/c1-5(17-2)10-15-11(18-16-10)7-3-6(12)4-8(13)9(7)14/h3-5H,14H2,1-2H3. The van der Waals surface area contributed by atoms with Gasteiger partial charge in [-0.15, -0.1) is 0 Å². The highest BCUT2D eigenvalue weighted by Gasteiger charge is 2.17. The Balaban J connectivity index is 2.46. The van der Waals surface area contributed by atoms with Crippen molar-refractivity contribution >= 4 is 28.9 Å². The number of methoxy groups -OCH3 is 1. The van der Waals surface area contributed by atoms with Gasteiger partial charge < -0.3 is 15.0 Å². The van der Waals surface area contributed by atoms with E-state index in [1.165, 1.54) is 0 Å². The van der Waals surface area contributed by atoms with Crippen LogP contribution in [0.5, 0.6) is 0 Å². The number of benzene rings is 1. The summed E-state index contributed by atoms with van der Waals surface area (Å²) in [6.45, 7) is 1.81. The third-order valence-electron chi connectivity index (χ3n) is 2.48. The molecule has 0 spiro atoms. The van der Waals surface area contributed by atoms with Crippen LogP contribution in [0.1, 0.15) is 18.9 Å². The van der Waals surface area contributed by atoms with Gasteiger partial charge in [-0.1, -0.05) is 28.4 Å². The highest BCUT2D eigenvalue weighted by atomic mass is 35.5. The smallest absolute Gasteiger partial charge is 0.260 e. The summed E-state index contributed by atoms with van der Waals surface area (Å²) in [5.41, 5.74) is 6.71. The summed E-state index contributed by atoms with van der Waals surface area (Å²) in [4.78, 5) is 4.19. The molecule has 0 aliphatic heterocycles. The molecule has 1 aromatic heterocycles. The summed E-state index contributed by atoms with van der Waals surface area (Å²) in [7, 11) is 1.56. The first kappa shape index (κ1) is 13.1. The molecular formula is C11H11Cl2N3O2. The van der Waals surface area contributed by atoms with Crippen LogP contribution in [0.15, 0.2) is 16.7 Å². The van der Waals surface area contributed by atoms with E-state index in [1.807, 2.05) is 6.92 Å². The zero-order valence-corrected chi connectivity index (χ0v) is 11.3. The lowest BCUT2D eigenvalue weighted by molar-refractivity contribution is 0.109. The maximum absolute atomic E-state index is 5.94. The normalized spacial score (nSPS) is 12.7. The first-order valence-electron chi connectivity index (χ1n) is 5.14. The van der Waals surface area contributed by atoms with Gasteiger partial charge in [-0.2, -0.15) is 4.98 Å². The Labute approximate surface area is 114 Å². The van der Waals surface area contributed by atoms with Gasteiger partial charge in [0.25, 0.3) is 5.89 Å². The highest BCUT2D eigenvalue weighted by molar-refractivity contribution is 6.37. The third-order valence-corrected chi connectivity index (χ3v) is 3.01. The van der Waals surface area contributed by atoms with Crippen LogP contribution in [-0.4, -0.2) is 17.3 Å². The Morgan fingerprint density at radius 2 is 2.11 bits per heavy atom. The molecule has 1 atom stereocenters. The molecule has 7 heteroatoms. The molecule has 2 aromatic rings. The summed E-state index contributed by atoms with van der Waals surface area (Å²) in [5.74, 6) is 0.693. The maximum atomic E-state index is 5.94. The third kappa shape index (κ3) is 2.43. The van der Waals surface area contributed by atoms with Crippen molar-refractivity contribution in [2.75, 3.05) is 12.8 Å². The van der Waals surface area contributed by atoms with Crippen molar-refractivity contribution in [3.05, 3.63) is 28.0 Å². The molecule has 2 rings (SSSR count). The first-order valence-corrected chi connectivity index (χ1v) is 5.89. The van der Waals surface area contributed by atoms with E-state index < -0.39 is 0 Å². The predicted molar refractivity (Wildman–Crippen MR) is 69.6 cm³/mol. The summed E-state index contributed by atoms with van der Waals surface area (Å²) in [6, 6.07) is 3.18. The Kier molecular flexibility index (Phi) is 3.75. The molecule has 0 aliphatic carbocycles. The number of aromatic nitrogens is 2. The second kappa shape index (κ2) is 5.14. The van der Waals surface area contributed by atoms with Gasteiger partial charge in [0.05, 0.1) is 16.3 Å². The van der Waals surface area contributed by atoms with E-state index in [0.29, 0.717) is 27.1 Å². The van der Waals surface area contributed by atoms with E-state index in [4.69, 9.17) is 38.2 Å². The largest absolute Gasteiger partial charge is 0.397 e. The molecule has 1 aromatic carbocycles. The van der Waals surface area contributed by atoms with Gasteiger partial charge in [-0.25, -0.2) is 0 Å². The summed E-state index contributed by atoms with van der Waals surface area (Å²) < 4.78 is 10.2. The average Bonchev–Trinajstić information content (AvgIpc) is 2.82. The van der Waals surface area contributed by atoms with Gasteiger partial charge >= 0.3 is 0 Å². The van der Waals surface area contributed by atoms with Gasteiger partial charge in [0.1, 0.15) is 6.10 Å². The van der Waals surface area contributed by atoms with E-state index in [2.05, 4.69) is 10.1 Å². The van der Waals surface area contributed by atoms with Crippen LogP contribution in [0, 0.1) is 0 Å². The van der Waals surface area contributed by atoms with Crippen LogP contribution >= 0.6 is 23.2 Å². The molecule has 5 nitrogen and oxygen atoms in total. The van der Waals surface area contributed by atoms with Crippen LogP contribution < -0.4 is 5.73 Å². The molecule has 0 bridgehead atoms. The van der Waals surface area contributed by atoms with Crippen molar-refractivity contribution in [1.29, 1.82) is 0 Å². The zero-order valence-electron chi connectivity index (χ0n) is 9.78. The van der Waals surface area contributed by atoms with Gasteiger partial charge in [-0.05, 0) is 19.1 Å². The lowest BCUT2D eigenvalue weighted by Gasteiger charge is -2.04. The van der Waals surface area contributed by atoms with Crippen LogP contribution in [0.4, 0.5) is 5.69 Å². The molecule has 1 heterocycles. The summed E-state index contributed by atoms with van der Waals surface area (Å²) in [5, 5.41) is 4.60. The Morgan fingerprint density at radius 1 is 1.39 bits per heavy atom. The molecule has 18 heavy (non-hydrogen) atoms. The number of rotatable bonds is 3. The van der Waals surface area contributed by atoms with Crippen molar-refractivity contribution in [2.45, 2.75) is 13.0 Å². The number of nitrogens with zero attached hydrogens (tertiary/aromatic N) is 2. The number of halogens is 2. The maximum Gasteiger partial charge on any atom is 0.260 e. The number of ether oxygens (including phenoxy) is 1. The fourth-order valence-corrected chi connectivity index (χ4v) is 1.87. The highest BCUT2D eigenvalue weighted by Crippen LogP contribution is 2.34. The minimum Gasteiger partial charge on any atom is -0.397 e. The molecule has 0 radical (unpaired) electrons. The predicted octanol–water partition coefficient (Wildman–Crippen LogP) is 3.33. The molecule has 0 amide bonds. The zero-order chi connectivity index (χ0) is 13.3. The lowest BCUT2D eigenvalue weighted by Crippen LogP contribution is -1.98. The molecule has 0 aliphatic rings. The number of anilines is 1. The van der Waals surface area contributed by atoms with Gasteiger partial charge in [0.2, 0.25) is 5.82 Å². The quantitative estimate of drug-likeness (QED) is 0.877. The van der Waals surface area contributed by atoms with E-state index >= 15 is 0 Å². The Hall–Kier alpha value is -1.30. The lowest BCUT2D eigenvalue weighted by atomic mass is 10.2. The van der Waals surface area contributed by atoms with Crippen LogP contribution in [0.2, 0.25) is 10.0 Å². The van der Waals surface area contributed by atoms with E-state index in [1.54, 1.807) is 19.2 Å². The first-order chi connectivity index (χ1) is 8.52. The second-order valence-corrected chi connectivity index (χ2v) is 4.53. The van der Waals surface area contributed by atoms with Gasteiger partial charge in [0, 0.05) is 12.1 Å². The second-order valence-electron chi connectivity index (χ2n) is 3.68. The summed E-state index contributed by atoms with van der Waals surface area (Å²) >= 11 is 11.9. The monoisotopic (exact) mass is 287 g/mol. The fraction of sp³-hybridized carbons (Fsp3) is 0.273. The van der Waals surface area contributed by atoms with E-state index in [9.17, 15) is 0 Å². The molecule has 96 valence electrons. The molecule has 0 saturated heterocycles. The van der Waals surface area contributed by atoms with Gasteiger partial charge in [-0.3, -0.25) is 0 Å². The van der Waals surface area contributed by atoms with E-state index in [-0.39, 0.29) is 12.0 Å². The SMILES string of the molecule is COC(C)c1noc(-c2cc(Cl)cc(Cl)c2N)n1. The summed E-state index contributed by atoms with van der Waals surface area (Å²) in [6.07, 6.45) is -0.265.